The lowest BCUT2D eigenvalue weighted by molar-refractivity contribution is 0.132. The van der Waals surface area contributed by atoms with Crippen molar-refractivity contribution in [2.75, 3.05) is 13.3 Å². The summed E-state index contributed by atoms with van der Waals surface area (Å²) in [5.41, 5.74) is 6.58. The largest absolute Gasteiger partial charge is 0.494 e. The average molecular weight is 637 g/mol. The molecular weight excluding hydrogens is 576 g/mol. The summed E-state index contributed by atoms with van der Waals surface area (Å²) < 4.78 is 11.7. The van der Waals surface area contributed by atoms with Crippen LogP contribution in [0.25, 0.3) is 0 Å². The molecule has 0 spiro atoms. The molecule has 0 bridgehead atoms. The molecule has 0 fully saturated rings. The predicted octanol–water partition coefficient (Wildman–Crippen LogP) is 11.6. The normalized spacial score (nSPS) is 13.4. The Morgan fingerprint density at radius 2 is 1.43 bits per heavy atom. The molecule has 0 aromatic heterocycles. The van der Waals surface area contributed by atoms with Gasteiger partial charge in [-0.2, -0.15) is 0 Å². The molecule has 4 heteroatoms. The predicted molar refractivity (Wildman–Crippen MR) is 205 cm³/mol. The van der Waals surface area contributed by atoms with Gasteiger partial charge in [0.2, 0.25) is 0 Å². The highest BCUT2D eigenvalue weighted by Crippen LogP contribution is 2.37. The number of benzene rings is 2. The first-order valence-electron chi connectivity index (χ1n) is 16.8. The molecule has 254 valence electrons. The summed E-state index contributed by atoms with van der Waals surface area (Å²) in [5, 5.41) is 3.55. The summed E-state index contributed by atoms with van der Waals surface area (Å²) in [4.78, 5) is 2.16. The Labute approximate surface area is 287 Å². The Balaban J connectivity index is 0.00000124. The fourth-order valence-corrected chi connectivity index (χ4v) is 4.73. The van der Waals surface area contributed by atoms with Gasteiger partial charge in [0.25, 0.3) is 0 Å². The summed E-state index contributed by atoms with van der Waals surface area (Å²) >= 11 is 0. The van der Waals surface area contributed by atoms with E-state index in [-0.39, 0.29) is 5.41 Å². The van der Waals surface area contributed by atoms with E-state index in [1.165, 1.54) is 16.7 Å². The SMILES string of the molecule is C=C(/C=C\C(=C/C)C(C)(C)C(/C=C\C(=C/C)NCc1ccccc1OCC)=C/C)N1COc2ccccc2C1.C=CCC.C=CCC. The van der Waals surface area contributed by atoms with E-state index in [1.807, 2.05) is 55.5 Å². The van der Waals surface area contributed by atoms with Crippen LogP contribution in [0.15, 0.2) is 145 Å². The number of rotatable bonds is 14. The minimum Gasteiger partial charge on any atom is -0.494 e. The zero-order valence-electron chi connectivity index (χ0n) is 30.4. The molecule has 1 aliphatic rings. The van der Waals surface area contributed by atoms with Gasteiger partial charge in [0.1, 0.15) is 11.5 Å². The van der Waals surface area contributed by atoms with Crippen molar-refractivity contribution in [1.29, 1.82) is 0 Å². The van der Waals surface area contributed by atoms with Gasteiger partial charge in [0.05, 0.1) is 6.61 Å². The maximum absolute atomic E-state index is 5.93. The Morgan fingerprint density at radius 1 is 0.851 bits per heavy atom. The molecule has 47 heavy (non-hydrogen) atoms. The number of allylic oxidation sites excluding steroid dienone is 11. The molecule has 3 rings (SSSR count). The van der Waals surface area contributed by atoms with Crippen molar-refractivity contribution >= 4 is 0 Å². The maximum Gasteiger partial charge on any atom is 0.161 e. The van der Waals surface area contributed by atoms with Gasteiger partial charge < -0.3 is 19.7 Å². The first-order chi connectivity index (χ1) is 22.7. The highest BCUT2D eigenvalue weighted by molar-refractivity contribution is 5.43. The Bertz CT molecular complexity index is 1400. The van der Waals surface area contributed by atoms with Gasteiger partial charge in [-0.25, -0.2) is 0 Å². The molecule has 0 saturated heterocycles. The van der Waals surface area contributed by atoms with Crippen molar-refractivity contribution < 1.29 is 9.47 Å². The lowest BCUT2D eigenvalue weighted by atomic mass is 9.76. The van der Waals surface area contributed by atoms with E-state index in [9.17, 15) is 0 Å². The van der Waals surface area contributed by atoms with Crippen molar-refractivity contribution in [3.8, 4) is 11.5 Å². The summed E-state index contributed by atoms with van der Waals surface area (Å²) in [6, 6.07) is 16.4. The molecule has 1 N–H and O–H groups in total. The lowest BCUT2D eigenvalue weighted by Crippen LogP contribution is -2.30. The average Bonchev–Trinajstić information content (AvgIpc) is 3.10. The summed E-state index contributed by atoms with van der Waals surface area (Å²) in [6.45, 7) is 30.8. The molecule has 1 heterocycles. The molecule has 0 unspecified atom stereocenters. The third-order valence-corrected chi connectivity index (χ3v) is 7.72. The monoisotopic (exact) mass is 636 g/mol. The minimum atomic E-state index is -0.192. The zero-order valence-corrected chi connectivity index (χ0v) is 30.4. The third-order valence-electron chi connectivity index (χ3n) is 7.72. The van der Waals surface area contributed by atoms with Gasteiger partial charge in [-0.15, -0.1) is 13.2 Å². The van der Waals surface area contributed by atoms with Crippen LogP contribution in [0.3, 0.4) is 0 Å². The van der Waals surface area contributed by atoms with Gasteiger partial charge in [-0.3, -0.25) is 0 Å². The minimum absolute atomic E-state index is 0.192. The molecule has 0 radical (unpaired) electrons. The number of nitrogens with zero attached hydrogens (tertiary/aromatic N) is 1. The van der Waals surface area contributed by atoms with Crippen LogP contribution in [-0.2, 0) is 13.1 Å². The first-order valence-corrected chi connectivity index (χ1v) is 16.8. The number of para-hydroxylation sites is 2. The van der Waals surface area contributed by atoms with Crippen molar-refractivity contribution in [3.63, 3.8) is 0 Å². The fourth-order valence-electron chi connectivity index (χ4n) is 4.73. The number of fused-ring (bicyclic) bond motifs is 1. The summed E-state index contributed by atoms with van der Waals surface area (Å²) in [5.74, 6) is 1.88. The lowest BCUT2D eigenvalue weighted by Gasteiger charge is -2.31. The number of hydrogen-bond acceptors (Lipinski definition) is 4. The second kappa shape index (κ2) is 23.0. The van der Waals surface area contributed by atoms with Crippen molar-refractivity contribution in [2.45, 2.75) is 81.3 Å². The Morgan fingerprint density at radius 3 is 2.00 bits per heavy atom. The molecule has 0 atom stereocenters. The van der Waals surface area contributed by atoms with Gasteiger partial charge in [-0.05, 0) is 76.0 Å². The van der Waals surface area contributed by atoms with E-state index in [0.29, 0.717) is 19.9 Å². The number of ether oxygens (including phenoxy) is 2. The van der Waals surface area contributed by atoms with Crippen LogP contribution in [0, 0.1) is 5.41 Å². The van der Waals surface area contributed by atoms with Crippen LogP contribution >= 0.6 is 0 Å². The van der Waals surface area contributed by atoms with Gasteiger partial charge in [-0.1, -0.05) is 113 Å². The third kappa shape index (κ3) is 13.8. The van der Waals surface area contributed by atoms with E-state index in [2.05, 4.69) is 133 Å². The van der Waals surface area contributed by atoms with Crippen LogP contribution in [0.4, 0.5) is 0 Å². The second-order valence-corrected chi connectivity index (χ2v) is 11.4. The molecule has 0 amide bonds. The molecule has 1 aliphatic heterocycles. The molecule has 4 nitrogen and oxygen atoms in total. The van der Waals surface area contributed by atoms with Gasteiger partial charge in [0, 0.05) is 41.0 Å². The van der Waals surface area contributed by atoms with Crippen LogP contribution in [0.1, 0.15) is 79.4 Å². The van der Waals surface area contributed by atoms with E-state index in [1.54, 1.807) is 0 Å². The van der Waals surface area contributed by atoms with Crippen LogP contribution in [0.2, 0.25) is 0 Å². The Hall–Kier alpha value is -4.44. The summed E-state index contributed by atoms with van der Waals surface area (Å²) in [6.07, 6.45) is 21.0. The van der Waals surface area contributed by atoms with E-state index < -0.39 is 0 Å². The van der Waals surface area contributed by atoms with E-state index >= 15 is 0 Å². The summed E-state index contributed by atoms with van der Waals surface area (Å²) in [7, 11) is 0. The highest BCUT2D eigenvalue weighted by Gasteiger charge is 2.24. The van der Waals surface area contributed by atoms with Crippen molar-refractivity contribution in [2.24, 2.45) is 5.41 Å². The van der Waals surface area contributed by atoms with E-state index in [0.717, 1.165) is 47.8 Å². The number of hydrogen-bond donors (Lipinski definition) is 1. The van der Waals surface area contributed by atoms with Crippen LogP contribution < -0.4 is 14.8 Å². The Kier molecular flexibility index (Phi) is 19.8. The van der Waals surface area contributed by atoms with Gasteiger partial charge in [0.15, 0.2) is 6.73 Å². The number of nitrogens with one attached hydrogen (secondary N) is 1. The topological polar surface area (TPSA) is 33.7 Å². The second-order valence-electron chi connectivity index (χ2n) is 11.4. The van der Waals surface area contributed by atoms with Crippen molar-refractivity contribution in [3.05, 3.63) is 157 Å². The van der Waals surface area contributed by atoms with Crippen LogP contribution in [0.5, 0.6) is 11.5 Å². The molecule has 2 aromatic carbocycles. The van der Waals surface area contributed by atoms with Gasteiger partial charge >= 0.3 is 0 Å². The maximum atomic E-state index is 5.93. The van der Waals surface area contributed by atoms with Crippen molar-refractivity contribution in [1.82, 2.24) is 10.2 Å². The standard InChI is InChI=1S/C35H44N2O2.2C4H8/c1-8-30(21-20-27(5)37-25-29-17-13-15-19-34(29)39-26-37)35(6,7)31(9-2)22-23-32(10-3)36-24-28-16-12-14-18-33(28)38-11-4;2*1-3-4-2/h8-10,12-23,36H,5,11,24-26H2,1-4,6-7H3;2*3H,1,4H2,2H3/b21-20-,23-22-,30-8+,31-9+,32-10+;;. The molecule has 2 aromatic rings. The highest BCUT2D eigenvalue weighted by atomic mass is 16.5. The zero-order chi connectivity index (χ0) is 35.1. The van der Waals surface area contributed by atoms with E-state index in [4.69, 9.17) is 9.47 Å². The first kappa shape index (κ1) is 40.6. The smallest absolute Gasteiger partial charge is 0.161 e. The molecular formula is C43H60N2O2. The fraction of sp³-hybridized carbons (Fsp3) is 0.349. The molecule has 0 aliphatic carbocycles. The molecule has 0 saturated carbocycles. The quantitative estimate of drug-likeness (QED) is 0.165. The van der Waals surface area contributed by atoms with Crippen LogP contribution in [-0.4, -0.2) is 18.2 Å².